The molecule has 2 aromatic rings. The van der Waals surface area contributed by atoms with Gasteiger partial charge in [0.2, 0.25) is 0 Å². The molecule has 1 aromatic heterocycles. The number of carbonyl (C=O) groups excluding carboxylic acids is 2. The van der Waals surface area contributed by atoms with E-state index in [1.807, 2.05) is 24.3 Å². The summed E-state index contributed by atoms with van der Waals surface area (Å²) < 4.78 is 5.97. The zero-order valence-electron chi connectivity index (χ0n) is 14.6. The van der Waals surface area contributed by atoms with Crippen LogP contribution < -0.4 is 4.74 Å². The monoisotopic (exact) mass is 371 g/mol. The number of benzene rings is 1. The normalized spacial score (nSPS) is 24.4. The van der Waals surface area contributed by atoms with Crippen molar-refractivity contribution >= 4 is 23.0 Å². The predicted octanol–water partition coefficient (Wildman–Crippen LogP) is 2.64. The zero-order chi connectivity index (χ0) is 18.3. The van der Waals surface area contributed by atoms with Gasteiger partial charge in [0.05, 0.1) is 23.0 Å². The van der Waals surface area contributed by atoms with Crippen LogP contribution in [0, 0.1) is 11.3 Å². The summed E-state index contributed by atoms with van der Waals surface area (Å²) in [6.07, 6.45) is 0.692. The second-order valence-corrected chi connectivity index (χ2v) is 8.30. The maximum absolute atomic E-state index is 12.9. The van der Waals surface area contributed by atoms with Gasteiger partial charge >= 0.3 is 0 Å². The molecular weight excluding hydrogens is 350 g/mol. The lowest BCUT2D eigenvalue weighted by Gasteiger charge is -2.30. The summed E-state index contributed by atoms with van der Waals surface area (Å²) in [7, 11) is 0. The first kappa shape index (κ1) is 17.2. The molecule has 136 valence electrons. The highest BCUT2D eigenvalue weighted by Gasteiger charge is 2.49. The van der Waals surface area contributed by atoms with Crippen LogP contribution in [-0.4, -0.2) is 48.0 Å². The summed E-state index contributed by atoms with van der Waals surface area (Å²) >= 11 is 1.23. The Labute approximate surface area is 156 Å². The number of ketones is 1. The fourth-order valence-electron chi connectivity index (χ4n) is 4.01. The van der Waals surface area contributed by atoms with E-state index < -0.39 is 0 Å². The van der Waals surface area contributed by atoms with Crippen LogP contribution in [0.25, 0.3) is 0 Å². The van der Waals surface area contributed by atoms with Crippen molar-refractivity contribution in [3.05, 3.63) is 51.7 Å². The molecule has 1 N–H and O–H groups in total. The number of hydrogen-bond acceptors (Lipinski definition) is 5. The molecule has 0 radical (unpaired) electrons. The topological polar surface area (TPSA) is 66.8 Å². The fraction of sp³-hybridized carbons (Fsp3) is 0.400. The SMILES string of the molecule is CC(=O)c1ccc(C(=O)N2C[C@H]3COc4ccccc4C[C@@]3(CO)C2)s1. The smallest absolute Gasteiger partial charge is 0.263 e. The Morgan fingerprint density at radius 1 is 1.27 bits per heavy atom. The van der Waals surface area contributed by atoms with E-state index in [-0.39, 0.29) is 29.6 Å². The summed E-state index contributed by atoms with van der Waals surface area (Å²) in [5.74, 6) is 0.849. The lowest BCUT2D eigenvalue weighted by atomic mass is 9.75. The highest BCUT2D eigenvalue weighted by Crippen LogP contribution is 2.43. The quantitative estimate of drug-likeness (QED) is 0.843. The predicted molar refractivity (Wildman–Crippen MR) is 98.9 cm³/mol. The molecule has 2 atom stereocenters. The molecule has 2 aliphatic heterocycles. The molecule has 4 rings (SSSR count). The van der Waals surface area contributed by atoms with E-state index in [0.717, 1.165) is 11.3 Å². The van der Waals surface area contributed by atoms with E-state index in [2.05, 4.69) is 0 Å². The summed E-state index contributed by atoms with van der Waals surface area (Å²) in [6, 6.07) is 11.3. The number of Topliss-reactive ketones (excluding diaryl/α,β-unsaturated/α-hetero) is 1. The third-order valence-electron chi connectivity index (χ3n) is 5.53. The van der Waals surface area contributed by atoms with Crippen LogP contribution in [0.5, 0.6) is 5.75 Å². The van der Waals surface area contributed by atoms with Crippen LogP contribution in [0.3, 0.4) is 0 Å². The summed E-state index contributed by atoms with van der Waals surface area (Å²) in [6.45, 7) is 3.06. The van der Waals surface area contributed by atoms with Crippen molar-refractivity contribution in [1.29, 1.82) is 0 Å². The van der Waals surface area contributed by atoms with Crippen molar-refractivity contribution in [3.63, 3.8) is 0 Å². The molecule has 26 heavy (non-hydrogen) atoms. The number of amides is 1. The number of para-hydroxylation sites is 1. The number of ether oxygens (including phenoxy) is 1. The molecule has 6 heteroatoms. The van der Waals surface area contributed by atoms with Crippen LogP contribution in [0.1, 0.15) is 31.8 Å². The standard InChI is InChI=1S/C20H21NO4S/c1-13(23)17-6-7-18(26-17)19(24)21-9-15-10-25-16-5-3-2-4-14(16)8-20(15,11-21)12-22/h2-7,15,22H,8-12H2,1H3/t15-,20-/m0/s1. The van der Waals surface area contributed by atoms with Crippen LogP contribution in [0.15, 0.2) is 36.4 Å². The Balaban J connectivity index is 1.59. The first-order chi connectivity index (χ1) is 12.5. The summed E-state index contributed by atoms with van der Waals surface area (Å²) in [5.41, 5.74) is 0.691. The lowest BCUT2D eigenvalue weighted by molar-refractivity contribution is 0.0697. The van der Waals surface area contributed by atoms with E-state index in [4.69, 9.17) is 4.74 Å². The Morgan fingerprint density at radius 2 is 2.04 bits per heavy atom. The molecule has 0 bridgehead atoms. The first-order valence-corrected chi connectivity index (χ1v) is 9.56. The lowest BCUT2D eigenvalue weighted by Crippen LogP contribution is -2.38. The third kappa shape index (κ3) is 2.83. The largest absolute Gasteiger partial charge is 0.493 e. The van der Waals surface area contributed by atoms with E-state index in [1.54, 1.807) is 17.0 Å². The Hall–Kier alpha value is -2.18. The number of thiophene rings is 1. The number of hydrogen-bond donors (Lipinski definition) is 1. The molecule has 1 amide bonds. The van der Waals surface area contributed by atoms with Crippen molar-refractivity contribution in [2.24, 2.45) is 11.3 Å². The molecule has 5 nitrogen and oxygen atoms in total. The number of aliphatic hydroxyl groups is 1. The van der Waals surface area contributed by atoms with Crippen LogP contribution in [-0.2, 0) is 6.42 Å². The molecule has 2 aliphatic rings. The van der Waals surface area contributed by atoms with Crippen molar-refractivity contribution < 1.29 is 19.4 Å². The molecule has 1 saturated heterocycles. The van der Waals surface area contributed by atoms with Gasteiger partial charge < -0.3 is 14.7 Å². The number of nitrogens with zero attached hydrogens (tertiary/aromatic N) is 1. The zero-order valence-corrected chi connectivity index (χ0v) is 15.4. The number of likely N-dealkylation sites (tertiary alicyclic amines) is 1. The van der Waals surface area contributed by atoms with Crippen molar-refractivity contribution in [2.45, 2.75) is 13.3 Å². The van der Waals surface area contributed by atoms with Crippen molar-refractivity contribution in [1.82, 2.24) is 4.90 Å². The third-order valence-corrected chi connectivity index (χ3v) is 6.71. The first-order valence-electron chi connectivity index (χ1n) is 8.74. The van der Waals surface area contributed by atoms with E-state index in [1.165, 1.54) is 18.3 Å². The van der Waals surface area contributed by atoms with Gasteiger partial charge in [0.15, 0.2) is 5.78 Å². The molecule has 0 aliphatic carbocycles. The van der Waals surface area contributed by atoms with E-state index in [0.29, 0.717) is 35.9 Å². The van der Waals surface area contributed by atoms with E-state index in [9.17, 15) is 14.7 Å². The van der Waals surface area contributed by atoms with Crippen LogP contribution in [0.2, 0.25) is 0 Å². The Morgan fingerprint density at radius 3 is 2.77 bits per heavy atom. The van der Waals surface area contributed by atoms with Crippen LogP contribution >= 0.6 is 11.3 Å². The molecule has 0 saturated carbocycles. The van der Waals surface area contributed by atoms with Gasteiger partial charge in [-0.25, -0.2) is 0 Å². The highest BCUT2D eigenvalue weighted by molar-refractivity contribution is 7.15. The average Bonchev–Trinajstić information content (AvgIpc) is 3.23. The van der Waals surface area contributed by atoms with Crippen LogP contribution in [0.4, 0.5) is 0 Å². The van der Waals surface area contributed by atoms with Gasteiger partial charge in [-0.2, -0.15) is 0 Å². The Bertz CT molecular complexity index is 861. The molecule has 3 heterocycles. The van der Waals surface area contributed by atoms with Gasteiger partial charge in [-0.1, -0.05) is 18.2 Å². The van der Waals surface area contributed by atoms with Gasteiger partial charge in [-0.05, 0) is 37.1 Å². The van der Waals surface area contributed by atoms with Gasteiger partial charge in [0.25, 0.3) is 5.91 Å². The molecule has 1 aromatic carbocycles. The highest BCUT2D eigenvalue weighted by atomic mass is 32.1. The second kappa shape index (κ2) is 6.52. The molecule has 0 unspecified atom stereocenters. The number of fused-ring (bicyclic) bond motifs is 2. The van der Waals surface area contributed by atoms with Gasteiger partial charge in [0.1, 0.15) is 5.75 Å². The average molecular weight is 371 g/mol. The fourth-order valence-corrected chi connectivity index (χ4v) is 4.88. The minimum Gasteiger partial charge on any atom is -0.493 e. The van der Waals surface area contributed by atoms with Gasteiger partial charge in [-0.15, -0.1) is 11.3 Å². The molecule has 1 fully saturated rings. The van der Waals surface area contributed by atoms with Gasteiger partial charge in [-0.3, -0.25) is 9.59 Å². The number of aliphatic hydroxyl groups excluding tert-OH is 1. The molecule has 0 spiro atoms. The minimum atomic E-state index is -0.386. The summed E-state index contributed by atoms with van der Waals surface area (Å²) in [4.78, 5) is 27.4. The number of carbonyl (C=O) groups is 2. The second-order valence-electron chi connectivity index (χ2n) is 7.22. The number of rotatable bonds is 3. The maximum atomic E-state index is 12.9. The summed E-state index contributed by atoms with van der Waals surface area (Å²) in [5, 5.41) is 10.2. The Kier molecular flexibility index (Phi) is 4.32. The van der Waals surface area contributed by atoms with Crippen molar-refractivity contribution in [3.8, 4) is 5.75 Å². The van der Waals surface area contributed by atoms with Gasteiger partial charge in [0, 0.05) is 24.4 Å². The van der Waals surface area contributed by atoms with Crippen molar-refractivity contribution in [2.75, 3.05) is 26.3 Å². The van der Waals surface area contributed by atoms with E-state index >= 15 is 0 Å². The maximum Gasteiger partial charge on any atom is 0.263 e. The molecular formula is C20H21NO4S. The minimum absolute atomic E-state index is 0.0161.